The normalized spacial score (nSPS) is 13.9. The minimum absolute atomic E-state index is 0.527. The van der Waals surface area contributed by atoms with Crippen molar-refractivity contribution in [3.63, 3.8) is 0 Å². The summed E-state index contributed by atoms with van der Waals surface area (Å²) in [6.07, 6.45) is -4.96. The number of hydrogen-bond donors (Lipinski definition) is 2. The molecule has 0 saturated heterocycles. The first kappa shape index (κ1) is 18.2. The number of carboxylic acid groups (broad SMARTS) is 1. The third-order valence-electron chi connectivity index (χ3n) is 2.56. The smallest absolute Gasteiger partial charge is 0.480 e. The molecule has 1 aromatic carbocycles. The molecule has 1 atom stereocenters. The Balaban J connectivity index is 3.08. The summed E-state index contributed by atoms with van der Waals surface area (Å²) in [5.74, 6) is -2.66. The van der Waals surface area contributed by atoms with Crippen molar-refractivity contribution in [2.24, 2.45) is 5.92 Å². The molecule has 124 valence electrons. The molecule has 0 aliphatic heterocycles. The van der Waals surface area contributed by atoms with E-state index >= 15 is 0 Å². The summed E-state index contributed by atoms with van der Waals surface area (Å²) in [5.41, 5.74) is 0. The number of nitrogens with one attached hydrogen (secondary N) is 1. The van der Waals surface area contributed by atoms with Crippen LogP contribution in [0.4, 0.5) is 13.2 Å². The molecule has 0 amide bonds. The highest BCUT2D eigenvalue weighted by molar-refractivity contribution is 7.89. The van der Waals surface area contributed by atoms with Gasteiger partial charge in [-0.3, -0.25) is 4.79 Å². The second-order valence-corrected chi connectivity index (χ2v) is 6.42. The first-order valence-electron chi connectivity index (χ1n) is 6.03. The van der Waals surface area contributed by atoms with E-state index in [9.17, 15) is 26.4 Å². The van der Waals surface area contributed by atoms with E-state index in [-0.39, 0.29) is 0 Å². The average Bonchev–Trinajstić information content (AvgIpc) is 2.33. The number of aliphatic carboxylic acids is 1. The fourth-order valence-corrected chi connectivity index (χ4v) is 2.92. The summed E-state index contributed by atoms with van der Waals surface area (Å²) in [6.45, 7) is 2.98. The van der Waals surface area contributed by atoms with Crippen LogP contribution < -0.4 is 9.46 Å². The highest BCUT2D eigenvalue weighted by Gasteiger charge is 2.32. The molecule has 0 radical (unpaired) electrons. The SMILES string of the molecule is CC(C)[C@H](NS(=O)(=O)c1cccc(OC(F)(F)F)c1)C(=O)O. The van der Waals surface area contributed by atoms with Crippen molar-refractivity contribution >= 4 is 16.0 Å². The largest absolute Gasteiger partial charge is 0.573 e. The molecule has 6 nitrogen and oxygen atoms in total. The number of rotatable bonds is 6. The van der Waals surface area contributed by atoms with E-state index < -0.39 is 45.0 Å². The molecule has 0 saturated carbocycles. The van der Waals surface area contributed by atoms with Crippen LogP contribution in [-0.2, 0) is 14.8 Å². The number of sulfonamides is 1. The first-order valence-corrected chi connectivity index (χ1v) is 7.51. The Morgan fingerprint density at radius 2 is 1.91 bits per heavy atom. The Morgan fingerprint density at radius 3 is 2.36 bits per heavy atom. The second kappa shape index (κ2) is 6.53. The van der Waals surface area contributed by atoms with Crippen molar-refractivity contribution in [2.75, 3.05) is 0 Å². The van der Waals surface area contributed by atoms with Gasteiger partial charge in [-0.25, -0.2) is 8.42 Å². The van der Waals surface area contributed by atoms with E-state index in [4.69, 9.17) is 5.11 Å². The molecule has 10 heteroatoms. The highest BCUT2D eigenvalue weighted by Crippen LogP contribution is 2.25. The van der Waals surface area contributed by atoms with E-state index in [0.29, 0.717) is 6.07 Å². The van der Waals surface area contributed by atoms with Crippen molar-refractivity contribution < 1.29 is 36.2 Å². The Hall–Kier alpha value is -1.81. The topological polar surface area (TPSA) is 92.7 Å². The van der Waals surface area contributed by atoms with Gasteiger partial charge in [0, 0.05) is 6.07 Å². The fourth-order valence-electron chi connectivity index (χ4n) is 1.55. The van der Waals surface area contributed by atoms with Gasteiger partial charge in [0.05, 0.1) is 4.90 Å². The Labute approximate surface area is 124 Å². The molecule has 2 N–H and O–H groups in total. The molecular formula is C12H14F3NO5S. The third kappa shape index (κ3) is 5.19. The monoisotopic (exact) mass is 341 g/mol. The van der Waals surface area contributed by atoms with E-state index in [1.165, 1.54) is 13.8 Å². The van der Waals surface area contributed by atoms with Gasteiger partial charge in [0.1, 0.15) is 11.8 Å². The van der Waals surface area contributed by atoms with Gasteiger partial charge in [0.15, 0.2) is 0 Å². The number of alkyl halides is 3. The number of halogens is 3. The first-order chi connectivity index (χ1) is 9.92. The summed E-state index contributed by atoms with van der Waals surface area (Å²) in [5, 5.41) is 8.96. The molecule has 0 fully saturated rings. The lowest BCUT2D eigenvalue weighted by molar-refractivity contribution is -0.274. The number of carbonyl (C=O) groups is 1. The van der Waals surface area contributed by atoms with Gasteiger partial charge in [-0.2, -0.15) is 4.72 Å². The zero-order valence-corrected chi connectivity index (χ0v) is 12.4. The molecule has 0 heterocycles. The van der Waals surface area contributed by atoms with Crippen molar-refractivity contribution in [3.05, 3.63) is 24.3 Å². The third-order valence-corrected chi connectivity index (χ3v) is 4.00. The predicted molar refractivity (Wildman–Crippen MR) is 69.7 cm³/mol. The lowest BCUT2D eigenvalue weighted by atomic mass is 10.1. The van der Waals surface area contributed by atoms with Gasteiger partial charge in [-0.05, 0) is 18.1 Å². The number of hydrogen-bond acceptors (Lipinski definition) is 4. The van der Waals surface area contributed by atoms with Crippen LogP contribution in [0.5, 0.6) is 5.75 Å². The van der Waals surface area contributed by atoms with Crippen molar-refractivity contribution in [1.29, 1.82) is 0 Å². The van der Waals surface area contributed by atoms with Crippen LogP contribution in [0.3, 0.4) is 0 Å². The number of ether oxygens (including phenoxy) is 1. The Bertz CT molecular complexity index is 642. The van der Waals surface area contributed by atoms with E-state index in [0.717, 1.165) is 18.2 Å². The van der Waals surface area contributed by atoms with Gasteiger partial charge >= 0.3 is 12.3 Å². The van der Waals surface area contributed by atoms with E-state index in [1.807, 2.05) is 4.72 Å². The van der Waals surface area contributed by atoms with E-state index in [1.54, 1.807) is 0 Å². The summed E-state index contributed by atoms with van der Waals surface area (Å²) in [6, 6.07) is 2.28. The molecule has 1 aromatic rings. The molecule has 0 unspecified atom stereocenters. The van der Waals surface area contributed by atoms with Gasteiger partial charge < -0.3 is 9.84 Å². The number of benzene rings is 1. The van der Waals surface area contributed by atoms with Gasteiger partial charge in [-0.15, -0.1) is 13.2 Å². The van der Waals surface area contributed by atoms with E-state index in [2.05, 4.69) is 4.74 Å². The van der Waals surface area contributed by atoms with Crippen molar-refractivity contribution in [3.8, 4) is 5.75 Å². The molecule has 0 bridgehead atoms. The molecule has 0 aliphatic carbocycles. The summed E-state index contributed by atoms with van der Waals surface area (Å²) >= 11 is 0. The fraction of sp³-hybridized carbons (Fsp3) is 0.417. The maximum absolute atomic E-state index is 12.1. The number of carboxylic acids is 1. The zero-order valence-electron chi connectivity index (χ0n) is 11.6. The zero-order chi connectivity index (χ0) is 17.1. The quantitative estimate of drug-likeness (QED) is 0.825. The van der Waals surface area contributed by atoms with Crippen LogP contribution in [0.2, 0.25) is 0 Å². The second-order valence-electron chi connectivity index (χ2n) is 4.70. The van der Waals surface area contributed by atoms with Gasteiger partial charge in [0.2, 0.25) is 10.0 Å². The highest BCUT2D eigenvalue weighted by atomic mass is 32.2. The minimum atomic E-state index is -4.96. The van der Waals surface area contributed by atoms with Crippen LogP contribution in [0.25, 0.3) is 0 Å². The van der Waals surface area contributed by atoms with Crippen LogP contribution in [0.1, 0.15) is 13.8 Å². The average molecular weight is 341 g/mol. The lowest BCUT2D eigenvalue weighted by Gasteiger charge is -2.18. The Kier molecular flexibility index (Phi) is 5.41. The van der Waals surface area contributed by atoms with Crippen molar-refractivity contribution in [2.45, 2.75) is 31.1 Å². The molecule has 22 heavy (non-hydrogen) atoms. The van der Waals surface area contributed by atoms with Gasteiger partial charge in [-0.1, -0.05) is 19.9 Å². The molecule has 0 aliphatic rings. The summed E-state index contributed by atoms with van der Waals surface area (Å²) < 4.78 is 66.1. The Morgan fingerprint density at radius 1 is 1.32 bits per heavy atom. The standard InChI is InChI=1S/C12H14F3NO5S/c1-7(2)10(11(17)18)16-22(19,20)9-5-3-4-8(6-9)21-12(13,14)15/h3-7,10,16H,1-2H3,(H,17,18)/t10-/m0/s1. The predicted octanol–water partition coefficient (Wildman–Crippen LogP) is 1.97. The molecule has 1 rings (SSSR count). The van der Waals surface area contributed by atoms with Crippen LogP contribution >= 0.6 is 0 Å². The van der Waals surface area contributed by atoms with Crippen LogP contribution in [-0.4, -0.2) is 31.9 Å². The van der Waals surface area contributed by atoms with Gasteiger partial charge in [0.25, 0.3) is 0 Å². The summed E-state index contributed by atoms with van der Waals surface area (Å²) in [7, 11) is -4.31. The molecular weight excluding hydrogens is 327 g/mol. The maximum Gasteiger partial charge on any atom is 0.573 e. The van der Waals surface area contributed by atoms with Crippen LogP contribution in [0, 0.1) is 5.92 Å². The molecule has 0 aromatic heterocycles. The maximum atomic E-state index is 12.1. The minimum Gasteiger partial charge on any atom is -0.480 e. The lowest BCUT2D eigenvalue weighted by Crippen LogP contribution is -2.44. The van der Waals surface area contributed by atoms with Crippen molar-refractivity contribution in [1.82, 2.24) is 4.72 Å². The van der Waals surface area contributed by atoms with Crippen LogP contribution in [0.15, 0.2) is 29.2 Å². The molecule has 0 spiro atoms. The summed E-state index contributed by atoms with van der Waals surface area (Å²) in [4.78, 5) is 10.5.